The molecule has 0 N–H and O–H groups in total. The second kappa shape index (κ2) is 9.78. The molecule has 0 radical (unpaired) electrons. The summed E-state index contributed by atoms with van der Waals surface area (Å²) in [5, 5.41) is 10.5. The maximum Gasteiger partial charge on any atom is 0.343 e. The first-order valence-electron chi connectivity index (χ1n) is 8.06. The van der Waals surface area contributed by atoms with Crippen LogP contribution in [0.5, 0.6) is 28.7 Å². The van der Waals surface area contributed by atoms with Gasteiger partial charge in [0.2, 0.25) is 11.9 Å². The zero-order valence-electron chi connectivity index (χ0n) is 16.1. The molecule has 0 spiro atoms. The van der Waals surface area contributed by atoms with Crippen molar-refractivity contribution in [3.63, 3.8) is 0 Å². The highest BCUT2D eigenvalue weighted by Gasteiger charge is 2.21. The minimum Gasteiger partial charge on any atom is -0.493 e. The van der Waals surface area contributed by atoms with E-state index in [9.17, 15) is 14.9 Å². The predicted octanol–water partition coefficient (Wildman–Crippen LogP) is 3.95. The lowest BCUT2D eigenvalue weighted by Crippen LogP contribution is -2.11. The summed E-state index contributed by atoms with van der Waals surface area (Å²) in [4.78, 5) is 22.6. The summed E-state index contributed by atoms with van der Waals surface area (Å²) in [6.45, 7) is 0. The molecular weight excluding hydrogens is 450 g/mol. The van der Waals surface area contributed by atoms with Gasteiger partial charge in [-0.05, 0) is 45.8 Å². The molecule has 0 aliphatic carbocycles. The van der Waals surface area contributed by atoms with Crippen molar-refractivity contribution < 1.29 is 33.4 Å². The molecule has 154 valence electrons. The van der Waals surface area contributed by atoms with Crippen LogP contribution in [-0.2, 0) is 0 Å². The van der Waals surface area contributed by atoms with Gasteiger partial charge in [-0.2, -0.15) is 0 Å². The van der Waals surface area contributed by atoms with E-state index in [0.717, 1.165) is 6.20 Å². The quantitative estimate of drug-likeness (QED) is 0.248. The highest BCUT2D eigenvalue weighted by Crippen LogP contribution is 2.40. The van der Waals surface area contributed by atoms with Crippen molar-refractivity contribution in [2.24, 2.45) is 0 Å². The summed E-state index contributed by atoms with van der Waals surface area (Å²) in [6, 6.07) is 5.97. The lowest BCUT2D eigenvalue weighted by atomic mass is 10.1. The van der Waals surface area contributed by atoms with Gasteiger partial charge in [-0.3, -0.25) is 10.1 Å². The number of hydrogen-bond acceptors (Lipinski definition) is 8. The lowest BCUT2D eigenvalue weighted by molar-refractivity contribution is -0.400. The summed E-state index contributed by atoms with van der Waals surface area (Å²) < 4.78 is 26.8. The lowest BCUT2D eigenvalue weighted by Gasteiger charge is -2.15. The van der Waals surface area contributed by atoms with E-state index in [1.165, 1.54) is 52.7 Å². The number of esters is 1. The van der Waals surface area contributed by atoms with Gasteiger partial charge in [0, 0.05) is 6.08 Å². The number of benzene rings is 2. The number of hydrogen-bond donors (Lipinski definition) is 0. The van der Waals surface area contributed by atoms with E-state index in [0.29, 0.717) is 27.3 Å². The molecule has 0 aliphatic heterocycles. The average Bonchev–Trinajstić information content (AvgIpc) is 2.72. The molecule has 0 unspecified atom stereocenters. The molecule has 0 heterocycles. The van der Waals surface area contributed by atoms with Crippen LogP contribution >= 0.6 is 15.9 Å². The molecular formula is C19H18BrNO8. The van der Waals surface area contributed by atoms with Crippen molar-refractivity contribution in [3.8, 4) is 28.7 Å². The normalized spacial score (nSPS) is 10.5. The second-order valence-corrected chi connectivity index (χ2v) is 6.29. The molecule has 0 fully saturated rings. The monoisotopic (exact) mass is 467 g/mol. The van der Waals surface area contributed by atoms with Gasteiger partial charge in [0.25, 0.3) is 0 Å². The van der Waals surface area contributed by atoms with Crippen LogP contribution in [0.4, 0.5) is 0 Å². The third-order valence-electron chi connectivity index (χ3n) is 3.74. The SMILES string of the molecule is COc1cc(C=C[N+](=O)[O-])cc(Br)c1OC(=O)c1cc(OC)c(OC)c(OC)c1. The summed E-state index contributed by atoms with van der Waals surface area (Å²) in [5.41, 5.74) is 0.642. The van der Waals surface area contributed by atoms with E-state index in [1.807, 2.05) is 0 Å². The first-order valence-corrected chi connectivity index (χ1v) is 8.85. The summed E-state index contributed by atoms with van der Waals surface area (Å²) in [5.74, 6) is 0.562. The van der Waals surface area contributed by atoms with Gasteiger partial charge in [-0.25, -0.2) is 4.79 Å². The molecule has 0 bridgehead atoms. The zero-order valence-corrected chi connectivity index (χ0v) is 17.6. The van der Waals surface area contributed by atoms with Crippen molar-refractivity contribution in [1.29, 1.82) is 0 Å². The van der Waals surface area contributed by atoms with E-state index in [1.54, 1.807) is 6.07 Å². The fraction of sp³-hybridized carbons (Fsp3) is 0.211. The van der Waals surface area contributed by atoms with Crippen LogP contribution in [0.15, 0.2) is 34.9 Å². The molecule has 2 rings (SSSR count). The maximum atomic E-state index is 12.7. The molecule has 0 saturated carbocycles. The largest absolute Gasteiger partial charge is 0.493 e. The zero-order chi connectivity index (χ0) is 21.6. The fourth-order valence-corrected chi connectivity index (χ4v) is 2.97. The van der Waals surface area contributed by atoms with Crippen molar-refractivity contribution in [2.45, 2.75) is 0 Å². The average molecular weight is 468 g/mol. The Morgan fingerprint density at radius 2 is 1.48 bits per heavy atom. The molecule has 9 nitrogen and oxygen atoms in total. The number of nitrogens with zero attached hydrogens (tertiary/aromatic N) is 1. The third-order valence-corrected chi connectivity index (χ3v) is 4.32. The van der Waals surface area contributed by atoms with Gasteiger partial charge in [0.15, 0.2) is 23.0 Å². The van der Waals surface area contributed by atoms with Crippen LogP contribution < -0.4 is 23.7 Å². The Kier molecular flexibility index (Phi) is 7.43. The number of rotatable bonds is 8. The number of ether oxygens (including phenoxy) is 5. The van der Waals surface area contributed by atoms with E-state index in [2.05, 4.69) is 15.9 Å². The van der Waals surface area contributed by atoms with Crippen molar-refractivity contribution >= 4 is 28.0 Å². The second-order valence-electron chi connectivity index (χ2n) is 5.44. The van der Waals surface area contributed by atoms with Gasteiger partial charge in [-0.1, -0.05) is 0 Å². The molecule has 29 heavy (non-hydrogen) atoms. The standard InChI is InChI=1S/C19H18BrNO8/c1-25-14-8-11(5-6-21(23)24)7-13(20)17(14)29-19(22)12-9-15(26-2)18(28-4)16(10-12)27-3/h5-10H,1-4H3. The highest BCUT2D eigenvalue weighted by molar-refractivity contribution is 9.10. The third kappa shape index (κ3) is 5.17. The minimum absolute atomic E-state index is 0.115. The van der Waals surface area contributed by atoms with Crippen LogP contribution in [-0.4, -0.2) is 39.3 Å². The predicted molar refractivity (Wildman–Crippen MR) is 108 cm³/mol. The highest BCUT2D eigenvalue weighted by atomic mass is 79.9. The smallest absolute Gasteiger partial charge is 0.343 e. The first-order chi connectivity index (χ1) is 13.8. The Morgan fingerprint density at radius 1 is 0.931 bits per heavy atom. The Morgan fingerprint density at radius 3 is 1.97 bits per heavy atom. The number of nitro groups is 1. The Labute approximate surface area is 175 Å². The molecule has 0 aromatic heterocycles. The van der Waals surface area contributed by atoms with Crippen molar-refractivity contribution in [2.75, 3.05) is 28.4 Å². The molecule has 0 saturated heterocycles. The molecule has 10 heteroatoms. The van der Waals surface area contributed by atoms with E-state index >= 15 is 0 Å². The number of halogens is 1. The fourth-order valence-electron chi connectivity index (χ4n) is 2.43. The molecule has 2 aromatic rings. The summed E-state index contributed by atoms with van der Waals surface area (Å²) in [6.07, 6.45) is 2.08. The van der Waals surface area contributed by atoms with Crippen LogP contribution in [0, 0.1) is 10.1 Å². The number of carbonyl (C=O) groups is 1. The van der Waals surface area contributed by atoms with Crippen LogP contribution in [0.1, 0.15) is 15.9 Å². The van der Waals surface area contributed by atoms with Crippen LogP contribution in [0.2, 0.25) is 0 Å². The molecule has 2 aromatic carbocycles. The Hall–Kier alpha value is -3.27. The molecule has 0 aliphatic rings. The van der Waals surface area contributed by atoms with Crippen molar-refractivity contribution in [3.05, 3.63) is 56.2 Å². The maximum absolute atomic E-state index is 12.7. The Bertz CT molecular complexity index is 932. The molecule has 0 amide bonds. The minimum atomic E-state index is -0.697. The van der Waals surface area contributed by atoms with Crippen molar-refractivity contribution in [1.82, 2.24) is 0 Å². The molecule has 0 atom stereocenters. The van der Waals surface area contributed by atoms with Gasteiger partial charge in [0.05, 0.1) is 43.4 Å². The van der Waals surface area contributed by atoms with E-state index in [-0.39, 0.29) is 17.1 Å². The van der Waals surface area contributed by atoms with E-state index < -0.39 is 10.9 Å². The summed E-state index contributed by atoms with van der Waals surface area (Å²) in [7, 11) is 5.71. The van der Waals surface area contributed by atoms with E-state index in [4.69, 9.17) is 23.7 Å². The number of methoxy groups -OCH3 is 4. The topological polar surface area (TPSA) is 106 Å². The van der Waals surface area contributed by atoms with Gasteiger partial charge >= 0.3 is 5.97 Å². The van der Waals surface area contributed by atoms with Gasteiger partial charge in [0.1, 0.15) is 0 Å². The number of carbonyl (C=O) groups excluding carboxylic acids is 1. The van der Waals surface area contributed by atoms with Gasteiger partial charge < -0.3 is 23.7 Å². The van der Waals surface area contributed by atoms with Crippen LogP contribution in [0.3, 0.4) is 0 Å². The summed E-state index contributed by atoms with van der Waals surface area (Å²) >= 11 is 3.30. The first kappa shape index (κ1) is 22.0. The van der Waals surface area contributed by atoms with Crippen LogP contribution in [0.25, 0.3) is 6.08 Å². The Balaban J connectivity index is 2.41. The van der Waals surface area contributed by atoms with Gasteiger partial charge in [-0.15, -0.1) is 0 Å².